The zero-order valence-corrected chi connectivity index (χ0v) is 14.4. The molecule has 3 aromatic rings. The van der Waals surface area contributed by atoms with Crippen LogP contribution in [0, 0.1) is 17.1 Å². The summed E-state index contributed by atoms with van der Waals surface area (Å²) in [5, 5.41) is 14.8. The van der Waals surface area contributed by atoms with Gasteiger partial charge in [-0.1, -0.05) is 12.1 Å². The summed E-state index contributed by atoms with van der Waals surface area (Å²) >= 11 is 0. The Morgan fingerprint density at radius 3 is 2.52 bits per heavy atom. The molecule has 27 heavy (non-hydrogen) atoms. The number of carbonyl (C=O) groups excluding carboxylic acids is 1. The van der Waals surface area contributed by atoms with Crippen molar-refractivity contribution in [3.8, 4) is 6.07 Å². The van der Waals surface area contributed by atoms with E-state index in [-0.39, 0.29) is 11.7 Å². The van der Waals surface area contributed by atoms with Crippen LogP contribution in [0.1, 0.15) is 21.5 Å². The second-order valence-electron chi connectivity index (χ2n) is 5.88. The SMILES string of the molecule is N#Cc1ccc(NC(=O)c2ccnc(NCCc3ccc(F)cc3)c2)cc1. The van der Waals surface area contributed by atoms with Crippen molar-refractivity contribution in [2.24, 2.45) is 0 Å². The molecule has 3 rings (SSSR count). The number of nitrogens with one attached hydrogen (secondary N) is 2. The van der Waals surface area contributed by atoms with Gasteiger partial charge in [-0.2, -0.15) is 5.26 Å². The third-order valence-electron chi connectivity index (χ3n) is 3.93. The Bertz CT molecular complexity index is 963. The molecule has 2 N–H and O–H groups in total. The van der Waals surface area contributed by atoms with E-state index in [1.807, 2.05) is 6.07 Å². The number of aromatic nitrogens is 1. The van der Waals surface area contributed by atoms with Gasteiger partial charge < -0.3 is 10.6 Å². The van der Waals surface area contributed by atoms with Crippen LogP contribution in [0.2, 0.25) is 0 Å². The molecule has 134 valence electrons. The molecule has 6 heteroatoms. The normalized spacial score (nSPS) is 10.1. The Labute approximate surface area is 156 Å². The van der Waals surface area contributed by atoms with Gasteiger partial charge in [-0.3, -0.25) is 4.79 Å². The molecule has 0 spiro atoms. The minimum absolute atomic E-state index is 0.255. The summed E-state index contributed by atoms with van der Waals surface area (Å²) in [4.78, 5) is 16.6. The highest BCUT2D eigenvalue weighted by atomic mass is 19.1. The Morgan fingerprint density at radius 1 is 1.07 bits per heavy atom. The molecule has 0 aliphatic carbocycles. The highest BCUT2D eigenvalue weighted by Gasteiger charge is 2.07. The molecule has 0 bridgehead atoms. The van der Waals surface area contributed by atoms with Crippen LogP contribution >= 0.6 is 0 Å². The third kappa shape index (κ3) is 5.13. The minimum Gasteiger partial charge on any atom is -0.370 e. The quantitative estimate of drug-likeness (QED) is 0.696. The Hall–Kier alpha value is -3.72. The smallest absolute Gasteiger partial charge is 0.255 e. The van der Waals surface area contributed by atoms with Crippen LogP contribution in [-0.4, -0.2) is 17.4 Å². The van der Waals surface area contributed by atoms with Gasteiger partial charge in [0.2, 0.25) is 0 Å². The van der Waals surface area contributed by atoms with Gasteiger partial charge in [0.05, 0.1) is 11.6 Å². The molecular formula is C21H17FN4O. The number of anilines is 2. The van der Waals surface area contributed by atoms with Crippen molar-refractivity contribution in [2.75, 3.05) is 17.2 Å². The van der Waals surface area contributed by atoms with E-state index in [1.54, 1.807) is 54.7 Å². The van der Waals surface area contributed by atoms with E-state index in [9.17, 15) is 9.18 Å². The highest BCUT2D eigenvalue weighted by Crippen LogP contribution is 2.13. The summed E-state index contributed by atoms with van der Waals surface area (Å²) in [6, 6.07) is 18.3. The van der Waals surface area contributed by atoms with Crippen LogP contribution in [0.25, 0.3) is 0 Å². The van der Waals surface area contributed by atoms with Crippen LogP contribution < -0.4 is 10.6 Å². The number of hydrogen-bond donors (Lipinski definition) is 2. The van der Waals surface area contributed by atoms with Crippen LogP contribution in [0.15, 0.2) is 66.9 Å². The van der Waals surface area contributed by atoms with E-state index < -0.39 is 0 Å². The summed E-state index contributed by atoms with van der Waals surface area (Å²) in [6.07, 6.45) is 2.28. The molecule has 1 aromatic heterocycles. The maximum Gasteiger partial charge on any atom is 0.255 e. The fourth-order valence-electron chi connectivity index (χ4n) is 2.49. The summed E-state index contributed by atoms with van der Waals surface area (Å²) in [5.41, 5.74) is 2.63. The predicted molar refractivity (Wildman–Crippen MR) is 102 cm³/mol. The first-order valence-corrected chi connectivity index (χ1v) is 8.40. The summed E-state index contributed by atoms with van der Waals surface area (Å²) in [7, 11) is 0. The van der Waals surface area contributed by atoms with Crippen molar-refractivity contribution < 1.29 is 9.18 Å². The first kappa shape index (κ1) is 18.1. The van der Waals surface area contributed by atoms with Crippen LogP contribution in [0.5, 0.6) is 0 Å². The number of nitriles is 1. The number of rotatable bonds is 6. The van der Waals surface area contributed by atoms with E-state index in [1.165, 1.54) is 12.1 Å². The van der Waals surface area contributed by atoms with E-state index in [4.69, 9.17) is 5.26 Å². The lowest BCUT2D eigenvalue weighted by Crippen LogP contribution is -2.13. The largest absolute Gasteiger partial charge is 0.370 e. The number of pyridine rings is 1. The second kappa shape index (κ2) is 8.59. The average Bonchev–Trinajstić information content (AvgIpc) is 2.70. The van der Waals surface area contributed by atoms with E-state index in [0.717, 1.165) is 5.56 Å². The maximum absolute atomic E-state index is 12.9. The number of carbonyl (C=O) groups is 1. The molecule has 0 radical (unpaired) electrons. The zero-order chi connectivity index (χ0) is 19.1. The van der Waals surface area contributed by atoms with Gasteiger partial charge in [-0.05, 0) is 60.5 Å². The zero-order valence-electron chi connectivity index (χ0n) is 14.4. The predicted octanol–water partition coefficient (Wildman–Crippen LogP) is 4.00. The van der Waals surface area contributed by atoms with Crippen molar-refractivity contribution in [3.63, 3.8) is 0 Å². The monoisotopic (exact) mass is 360 g/mol. The molecule has 0 aliphatic heterocycles. The van der Waals surface area contributed by atoms with E-state index in [2.05, 4.69) is 15.6 Å². The summed E-state index contributed by atoms with van der Waals surface area (Å²) < 4.78 is 12.9. The number of amides is 1. The molecule has 0 atom stereocenters. The van der Waals surface area contributed by atoms with Gasteiger partial charge in [-0.15, -0.1) is 0 Å². The van der Waals surface area contributed by atoms with Gasteiger partial charge >= 0.3 is 0 Å². The lowest BCUT2D eigenvalue weighted by Gasteiger charge is -2.09. The molecule has 0 aliphatic rings. The van der Waals surface area contributed by atoms with Gasteiger partial charge in [0.1, 0.15) is 11.6 Å². The van der Waals surface area contributed by atoms with Crippen molar-refractivity contribution in [2.45, 2.75) is 6.42 Å². The van der Waals surface area contributed by atoms with Crippen LogP contribution in [0.3, 0.4) is 0 Å². The number of nitrogens with zero attached hydrogens (tertiary/aromatic N) is 2. The summed E-state index contributed by atoms with van der Waals surface area (Å²) in [5.74, 6) is 0.0719. The second-order valence-corrected chi connectivity index (χ2v) is 5.88. The first-order valence-electron chi connectivity index (χ1n) is 8.40. The topological polar surface area (TPSA) is 77.8 Å². The Kier molecular flexibility index (Phi) is 5.75. The molecule has 0 saturated carbocycles. The fourth-order valence-corrected chi connectivity index (χ4v) is 2.49. The molecule has 1 heterocycles. The van der Waals surface area contributed by atoms with E-state index >= 15 is 0 Å². The third-order valence-corrected chi connectivity index (χ3v) is 3.93. The van der Waals surface area contributed by atoms with Crippen molar-refractivity contribution in [3.05, 3.63) is 89.4 Å². The molecule has 1 amide bonds. The number of benzene rings is 2. The van der Waals surface area contributed by atoms with Crippen molar-refractivity contribution in [1.29, 1.82) is 5.26 Å². The summed E-state index contributed by atoms with van der Waals surface area (Å²) in [6.45, 7) is 0.610. The fraction of sp³-hybridized carbons (Fsp3) is 0.0952. The van der Waals surface area contributed by atoms with E-state index in [0.29, 0.717) is 35.6 Å². The van der Waals surface area contributed by atoms with Gasteiger partial charge in [0, 0.05) is 24.0 Å². The lowest BCUT2D eigenvalue weighted by atomic mass is 10.1. The molecule has 5 nitrogen and oxygen atoms in total. The number of hydrogen-bond acceptors (Lipinski definition) is 4. The molecule has 0 saturated heterocycles. The van der Waals surface area contributed by atoms with Crippen LogP contribution in [-0.2, 0) is 6.42 Å². The highest BCUT2D eigenvalue weighted by molar-refractivity contribution is 6.04. The Balaban J connectivity index is 1.58. The standard InChI is InChI=1S/C21H17FN4O/c22-18-5-1-15(2-6-18)9-11-24-20-13-17(10-12-25-20)21(27)26-19-7-3-16(14-23)4-8-19/h1-8,10,12-13H,9,11H2,(H,24,25)(H,26,27). The first-order chi connectivity index (χ1) is 13.1. The molecule has 2 aromatic carbocycles. The molecule has 0 fully saturated rings. The van der Waals surface area contributed by atoms with Crippen molar-refractivity contribution >= 4 is 17.4 Å². The lowest BCUT2D eigenvalue weighted by molar-refractivity contribution is 0.102. The number of halogens is 1. The maximum atomic E-state index is 12.9. The minimum atomic E-state index is -0.260. The van der Waals surface area contributed by atoms with Gasteiger partial charge in [-0.25, -0.2) is 9.37 Å². The van der Waals surface area contributed by atoms with Crippen LogP contribution in [0.4, 0.5) is 15.9 Å². The van der Waals surface area contributed by atoms with Gasteiger partial charge in [0.15, 0.2) is 0 Å². The Morgan fingerprint density at radius 2 is 1.81 bits per heavy atom. The van der Waals surface area contributed by atoms with Gasteiger partial charge in [0.25, 0.3) is 5.91 Å². The molecule has 0 unspecified atom stereocenters. The van der Waals surface area contributed by atoms with Crippen molar-refractivity contribution in [1.82, 2.24) is 4.98 Å². The average molecular weight is 360 g/mol. The molecular weight excluding hydrogens is 343 g/mol.